The largest absolute Gasteiger partial charge is 0.489 e. The van der Waals surface area contributed by atoms with Crippen LogP contribution >= 0.6 is 15.9 Å². The number of benzene rings is 1. The number of alkyl halides is 1. The van der Waals surface area contributed by atoms with Crippen molar-refractivity contribution >= 4 is 29.2 Å². The summed E-state index contributed by atoms with van der Waals surface area (Å²) >= 11 is 3.77. The summed E-state index contributed by atoms with van der Waals surface area (Å²) in [7, 11) is -1.45. The SMILES string of the molecule is C=CCOc1c(C(C)(C)Br)cc(C)cc1[Si](C)(C)C. The van der Waals surface area contributed by atoms with Crippen LogP contribution in [0.4, 0.5) is 0 Å². The van der Waals surface area contributed by atoms with Crippen LogP contribution in [0.25, 0.3) is 0 Å². The van der Waals surface area contributed by atoms with Crippen molar-refractivity contribution < 1.29 is 4.74 Å². The average molecular weight is 341 g/mol. The Labute approximate surface area is 127 Å². The van der Waals surface area contributed by atoms with Crippen LogP contribution < -0.4 is 9.92 Å². The second-order valence-electron chi connectivity index (χ2n) is 6.51. The van der Waals surface area contributed by atoms with E-state index in [1.165, 1.54) is 16.3 Å². The van der Waals surface area contributed by atoms with Crippen LogP contribution in [0.2, 0.25) is 19.6 Å². The summed E-state index contributed by atoms with van der Waals surface area (Å²) in [5.74, 6) is 1.05. The van der Waals surface area contributed by atoms with Gasteiger partial charge < -0.3 is 4.74 Å². The second kappa shape index (κ2) is 5.84. The highest BCUT2D eigenvalue weighted by Gasteiger charge is 2.29. The van der Waals surface area contributed by atoms with Gasteiger partial charge in [0.1, 0.15) is 12.4 Å². The topological polar surface area (TPSA) is 9.23 Å². The fourth-order valence-electron chi connectivity index (χ4n) is 2.07. The van der Waals surface area contributed by atoms with Gasteiger partial charge in [0.05, 0.1) is 8.07 Å². The quantitative estimate of drug-likeness (QED) is 0.427. The first-order chi connectivity index (χ1) is 8.57. The summed E-state index contributed by atoms with van der Waals surface area (Å²) in [6, 6.07) is 4.50. The van der Waals surface area contributed by atoms with Crippen molar-refractivity contribution in [3.05, 3.63) is 35.9 Å². The molecule has 1 aromatic rings. The molecule has 1 aromatic carbocycles. The van der Waals surface area contributed by atoms with Crippen LogP contribution in [-0.2, 0) is 4.32 Å². The summed E-state index contributed by atoms with van der Waals surface area (Å²) in [6.07, 6.45) is 1.80. The van der Waals surface area contributed by atoms with E-state index in [-0.39, 0.29) is 4.32 Å². The molecule has 0 unspecified atom stereocenters. The maximum atomic E-state index is 6.01. The molecule has 0 saturated carbocycles. The van der Waals surface area contributed by atoms with E-state index in [0.717, 1.165) is 5.75 Å². The third-order valence-electron chi connectivity index (χ3n) is 3.03. The molecule has 3 heteroatoms. The zero-order valence-electron chi connectivity index (χ0n) is 12.9. The molecule has 1 rings (SSSR count). The highest BCUT2D eigenvalue weighted by molar-refractivity contribution is 9.09. The van der Waals surface area contributed by atoms with E-state index in [1.807, 2.05) is 0 Å². The Kier molecular flexibility index (Phi) is 5.07. The molecule has 0 aromatic heterocycles. The second-order valence-corrected chi connectivity index (χ2v) is 13.5. The molecule has 0 aliphatic carbocycles. The molecule has 19 heavy (non-hydrogen) atoms. The molecule has 0 spiro atoms. The highest BCUT2D eigenvalue weighted by atomic mass is 79.9. The van der Waals surface area contributed by atoms with Crippen LogP contribution in [0.1, 0.15) is 25.0 Å². The normalized spacial score (nSPS) is 12.4. The highest BCUT2D eigenvalue weighted by Crippen LogP contribution is 2.37. The molecule has 0 saturated heterocycles. The Morgan fingerprint density at radius 2 is 1.89 bits per heavy atom. The standard InChI is InChI=1S/C16H25BrOSi/c1-8-9-18-15-13(16(3,4)17)10-12(2)11-14(15)19(5,6)7/h8,10-11H,1,9H2,2-7H3. The van der Waals surface area contributed by atoms with Gasteiger partial charge in [0, 0.05) is 9.89 Å². The Hall–Kier alpha value is -0.543. The Balaban J connectivity index is 3.53. The van der Waals surface area contributed by atoms with Crippen LogP contribution in [0.15, 0.2) is 24.8 Å². The minimum absolute atomic E-state index is 0.0933. The molecule has 0 atom stereocenters. The lowest BCUT2D eigenvalue weighted by Gasteiger charge is -2.28. The van der Waals surface area contributed by atoms with Gasteiger partial charge in [0.15, 0.2) is 0 Å². The van der Waals surface area contributed by atoms with E-state index in [1.54, 1.807) is 6.08 Å². The molecule has 1 nitrogen and oxygen atoms in total. The molecule has 0 bridgehead atoms. The summed E-state index contributed by atoms with van der Waals surface area (Å²) in [6.45, 7) is 17.9. The van der Waals surface area contributed by atoms with Crippen molar-refractivity contribution in [3.8, 4) is 5.75 Å². The van der Waals surface area contributed by atoms with E-state index in [2.05, 4.69) is 75.1 Å². The smallest absolute Gasteiger partial charge is 0.123 e. The van der Waals surface area contributed by atoms with Crippen LogP contribution in [-0.4, -0.2) is 14.7 Å². The first-order valence-electron chi connectivity index (χ1n) is 6.65. The minimum atomic E-state index is -1.45. The monoisotopic (exact) mass is 340 g/mol. The number of rotatable bonds is 5. The first-order valence-corrected chi connectivity index (χ1v) is 10.9. The zero-order chi connectivity index (χ0) is 14.8. The third kappa shape index (κ3) is 4.21. The lowest BCUT2D eigenvalue weighted by atomic mass is 9.99. The molecule has 0 N–H and O–H groups in total. The van der Waals surface area contributed by atoms with Gasteiger partial charge in [-0.2, -0.15) is 0 Å². The van der Waals surface area contributed by atoms with Crippen LogP contribution in [0.3, 0.4) is 0 Å². The minimum Gasteiger partial charge on any atom is -0.489 e. The Bertz CT molecular complexity index is 432. The van der Waals surface area contributed by atoms with Crippen LogP contribution in [0, 0.1) is 6.92 Å². The number of ether oxygens (including phenoxy) is 1. The number of hydrogen-bond donors (Lipinski definition) is 0. The molecule has 106 valence electrons. The fraction of sp³-hybridized carbons (Fsp3) is 0.500. The van der Waals surface area contributed by atoms with E-state index in [4.69, 9.17) is 4.74 Å². The summed E-state index contributed by atoms with van der Waals surface area (Å²) in [5.41, 5.74) is 2.53. The number of aryl methyl sites for hydroxylation is 1. The van der Waals surface area contributed by atoms with Gasteiger partial charge in [-0.1, -0.05) is 65.9 Å². The van der Waals surface area contributed by atoms with Gasteiger partial charge >= 0.3 is 0 Å². The molecule has 0 fully saturated rings. The summed E-state index contributed by atoms with van der Waals surface area (Å²) < 4.78 is 5.92. The molecule has 0 heterocycles. The average Bonchev–Trinajstić information content (AvgIpc) is 2.23. The van der Waals surface area contributed by atoms with Crippen molar-refractivity contribution in [2.24, 2.45) is 0 Å². The lowest BCUT2D eigenvalue weighted by molar-refractivity contribution is 0.359. The van der Waals surface area contributed by atoms with Gasteiger partial charge in [-0.25, -0.2) is 0 Å². The van der Waals surface area contributed by atoms with Crippen molar-refractivity contribution in [1.82, 2.24) is 0 Å². The fourth-order valence-corrected chi connectivity index (χ4v) is 3.91. The summed E-state index contributed by atoms with van der Waals surface area (Å²) in [5, 5.41) is 1.39. The van der Waals surface area contributed by atoms with Gasteiger partial charge in [-0.3, -0.25) is 0 Å². The zero-order valence-corrected chi connectivity index (χ0v) is 15.5. The van der Waals surface area contributed by atoms with Crippen molar-refractivity contribution in [2.45, 2.75) is 44.7 Å². The maximum absolute atomic E-state index is 6.01. The number of halogens is 1. The van der Waals surface area contributed by atoms with Crippen LogP contribution in [0.5, 0.6) is 5.75 Å². The van der Waals surface area contributed by atoms with Crippen molar-refractivity contribution in [3.63, 3.8) is 0 Å². The van der Waals surface area contributed by atoms with Gasteiger partial charge in [0.25, 0.3) is 0 Å². The number of hydrogen-bond acceptors (Lipinski definition) is 1. The van der Waals surface area contributed by atoms with Crippen molar-refractivity contribution in [2.75, 3.05) is 6.61 Å². The molecule has 0 amide bonds. The molecular formula is C16H25BrOSi. The molecule has 0 aliphatic heterocycles. The molecule has 0 aliphatic rings. The predicted octanol–water partition coefficient (Wildman–Crippen LogP) is 4.74. The molecular weight excluding hydrogens is 316 g/mol. The predicted molar refractivity (Wildman–Crippen MR) is 91.8 cm³/mol. The van der Waals surface area contributed by atoms with E-state index < -0.39 is 8.07 Å². The first kappa shape index (κ1) is 16.5. The van der Waals surface area contributed by atoms with E-state index in [0.29, 0.717) is 6.61 Å². The van der Waals surface area contributed by atoms with E-state index >= 15 is 0 Å². The van der Waals surface area contributed by atoms with E-state index in [9.17, 15) is 0 Å². The maximum Gasteiger partial charge on any atom is 0.123 e. The van der Waals surface area contributed by atoms with Gasteiger partial charge in [-0.15, -0.1) is 0 Å². The Morgan fingerprint density at radius 3 is 2.32 bits per heavy atom. The van der Waals surface area contributed by atoms with Gasteiger partial charge in [-0.05, 0) is 26.0 Å². The lowest BCUT2D eigenvalue weighted by Crippen LogP contribution is -2.40. The Morgan fingerprint density at radius 1 is 1.32 bits per heavy atom. The summed E-state index contributed by atoms with van der Waals surface area (Å²) in [4.78, 5) is 0. The third-order valence-corrected chi connectivity index (χ3v) is 5.44. The van der Waals surface area contributed by atoms with Gasteiger partial charge in [0.2, 0.25) is 0 Å². The molecule has 0 radical (unpaired) electrons. The van der Waals surface area contributed by atoms with Crippen molar-refractivity contribution in [1.29, 1.82) is 0 Å².